The first-order chi connectivity index (χ1) is 12.0. The topological polar surface area (TPSA) is 59.9 Å². The SMILES string of the molecule is CC(=O)CCCCCCC(=O)c1nc(-c2nccs2)sc1CC(C)C. The highest BCUT2D eigenvalue weighted by molar-refractivity contribution is 7.20. The molecular weight excluding hydrogens is 352 g/mol. The third-order valence-corrected chi connectivity index (χ3v) is 5.85. The molecule has 25 heavy (non-hydrogen) atoms. The largest absolute Gasteiger partial charge is 0.300 e. The monoisotopic (exact) mass is 378 g/mol. The van der Waals surface area contributed by atoms with E-state index >= 15 is 0 Å². The molecule has 2 aromatic heterocycles. The van der Waals surface area contributed by atoms with Crippen molar-refractivity contribution in [1.82, 2.24) is 9.97 Å². The number of unbranched alkanes of at least 4 members (excludes halogenated alkanes) is 3. The molecule has 0 amide bonds. The number of Topliss-reactive ketones (excluding diaryl/α,β-unsaturated/α-hetero) is 2. The number of nitrogens with zero attached hydrogens (tertiary/aromatic N) is 2. The Bertz CT molecular complexity index is 690. The third kappa shape index (κ3) is 6.44. The molecule has 4 nitrogen and oxygen atoms in total. The molecule has 6 heteroatoms. The van der Waals surface area contributed by atoms with Gasteiger partial charge in [0, 0.05) is 29.3 Å². The van der Waals surface area contributed by atoms with Gasteiger partial charge in [-0.1, -0.05) is 26.7 Å². The number of thiazole rings is 2. The number of aromatic nitrogens is 2. The van der Waals surface area contributed by atoms with Crippen molar-refractivity contribution in [3.05, 3.63) is 22.1 Å². The van der Waals surface area contributed by atoms with Gasteiger partial charge in [-0.3, -0.25) is 4.79 Å². The van der Waals surface area contributed by atoms with E-state index in [-0.39, 0.29) is 11.6 Å². The van der Waals surface area contributed by atoms with E-state index in [0.717, 1.165) is 47.0 Å². The van der Waals surface area contributed by atoms with Crippen molar-refractivity contribution in [2.24, 2.45) is 5.92 Å². The van der Waals surface area contributed by atoms with Crippen LogP contribution in [0.4, 0.5) is 0 Å². The molecule has 2 rings (SSSR count). The van der Waals surface area contributed by atoms with Crippen LogP contribution in [-0.2, 0) is 11.2 Å². The highest BCUT2D eigenvalue weighted by Crippen LogP contribution is 2.31. The molecule has 0 aliphatic carbocycles. The Balaban J connectivity index is 1.96. The average molecular weight is 379 g/mol. The highest BCUT2D eigenvalue weighted by atomic mass is 32.1. The lowest BCUT2D eigenvalue weighted by atomic mass is 10.0. The normalized spacial score (nSPS) is 11.2. The minimum Gasteiger partial charge on any atom is -0.300 e. The average Bonchev–Trinajstić information content (AvgIpc) is 3.19. The lowest BCUT2D eigenvalue weighted by Crippen LogP contribution is -2.05. The van der Waals surface area contributed by atoms with Crippen molar-refractivity contribution >= 4 is 34.2 Å². The summed E-state index contributed by atoms with van der Waals surface area (Å²) in [6.45, 7) is 5.94. The fourth-order valence-electron chi connectivity index (χ4n) is 2.63. The van der Waals surface area contributed by atoms with Crippen LogP contribution in [0, 0.1) is 5.92 Å². The molecule has 0 N–H and O–H groups in total. The van der Waals surface area contributed by atoms with Crippen molar-refractivity contribution in [3.63, 3.8) is 0 Å². The van der Waals surface area contributed by atoms with Crippen molar-refractivity contribution in [2.75, 3.05) is 0 Å². The Morgan fingerprint density at radius 3 is 2.40 bits per heavy atom. The van der Waals surface area contributed by atoms with Crippen molar-refractivity contribution < 1.29 is 9.59 Å². The van der Waals surface area contributed by atoms with Gasteiger partial charge in [0.05, 0.1) is 0 Å². The van der Waals surface area contributed by atoms with Crippen molar-refractivity contribution in [2.45, 2.75) is 65.7 Å². The standard InChI is InChI=1S/C19H26N2O2S2/c1-13(2)12-16-17(21-19(25-16)18-20-10-11-24-18)15(23)9-7-5-4-6-8-14(3)22/h10-11,13H,4-9,12H2,1-3H3. The predicted octanol–water partition coefficient (Wildman–Crippen LogP) is 5.58. The Labute approximate surface area is 157 Å². The molecular formula is C19H26N2O2S2. The second kappa shape index (κ2) is 9.92. The summed E-state index contributed by atoms with van der Waals surface area (Å²) in [7, 11) is 0. The summed E-state index contributed by atoms with van der Waals surface area (Å²) in [5.74, 6) is 0.871. The van der Waals surface area contributed by atoms with E-state index in [1.807, 2.05) is 5.38 Å². The van der Waals surface area contributed by atoms with Gasteiger partial charge in [-0.05, 0) is 32.1 Å². The smallest absolute Gasteiger partial charge is 0.182 e. The number of ketones is 2. The number of rotatable bonds is 11. The van der Waals surface area contributed by atoms with Gasteiger partial charge < -0.3 is 4.79 Å². The summed E-state index contributed by atoms with van der Waals surface area (Å²) in [6.07, 6.45) is 7.61. The molecule has 0 bridgehead atoms. The van der Waals surface area contributed by atoms with Gasteiger partial charge in [-0.15, -0.1) is 22.7 Å². The van der Waals surface area contributed by atoms with E-state index in [9.17, 15) is 9.59 Å². The van der Waals surface area contributed by atoms with Crippen LogP contribution in [0.2, 0.25) is 0 Å². The zero-order valence-electron chi connectivity index (χ0n) is 15.2. The first kappa shape index (κ1) is 19.9. The molecule has 136 valence electrons. The lowest BCUT2D eigenvalue weighted by Gasteiger charge is -2.04. The molecule has 0 saturated carbocycles. The summed E-state index contributed by atoms with van der Waals surface area (Å²) in [4.78, 5) is 33.6. The molecule has 0 saturated heterocycles. The molecule has 0 unspecified atom stereocenters. The number of carbonyl (C=O) groups is 2. The second-order valence-electron chi connectivity index (χ2n) is 6.77. The molecule has 0 atom stereocenters. The van der Waals surface area contributed by atoms with Crippen LogP contribution in [0.5, 0.6) is 0 Å². The van der Waals surface area contributed by atoms with E-state index in [1.165, 1.54) is 0 Å². The summed E-state index contributed by atoms with van der Waals surface area (Å²) >= 11 is 3.16. The van der Waals surface area contributed by atoms with Gasteiger partial charge in [0.15, 0.2) is 15.8 Å². The Morgan fingerprint density at radius 2 is 1.80 bits per heavy atom. The van der Waals surface area contributed by atoms with Crippen LogP contribution in [-0.4, -0.2) is 21.5 Å². The Hall–Kier alpha value is -1.40. The number of carbonyl (C=O) groups excluding carboxylic acids is 2. The molecule has 0 aromatic carbocycles. The predicted molar refractivity (Wildman–Crippen MR) is 104 cm³/mol. The first-order valence-corrected chi connectivity index (χ1v) is 10.6. The van der Waals surface area contributed by atoms with Crippen molar-refractivity contribution in [1.29, 1.82) is 0 Å². The molecule has 2 aromatic rings. The van der Waals surface area contributed by atoms with Crippen LogP contribution in [0.15, 0.2) is 11.6 Å². The maximum Gasteiger partial charge on any atom is 0.182 e. The highest BCUT2D eigenvalue weighted by Gasteiger charge is 2.20. The van der Waals surface area contributed by atoms with Gasteiger partial charge in [0.1, 0.15) is 11.5 Å². The molecule has 0 spiro atoms. The fourth-order valence-corrected chi connectivity index (χ4v) is 4.60. The Kier molecular flexibility index (Phi) is 7.90. The zero-order chi connectivity index (χ0) is 18.2. The van der Waals surface area contributed by atoms with Crippen molar-refractivity contribution in [3.8, 4) is 10.0 Å². The van der Waals surface area contributed by atoms with E-state index in [2.05, 4.69) is 23.8 Å². The molecule has 0 fully saturated rings. The van der Waals surface area contributed by atoms with Crippen LogP contribution < -0.4 is 0 Å². The van der Waals surface area contributed by atoms with E-state index in [4.69, 9.17) is 0 Å². The maximum atomic E-state index is 12.6. The molecule has 2 heterocycles. The second-order valence-corrected chi connectivity index (χ2v) is 8.74. The van der Waals surface area contributed by atoms with E-state index in [0.29, 0.717) is 24.5 Å². The van der Waals surface area contributed by atoms with Crippen LogP contribution in [0.1, 0.15) is 74.7 Å². The van der Waals surface area contributed by atoms with Gasteiger partial charge in [-0.25, -0.2) is 9.97 Å². The van der Waals surface area contributed by atoms with Gasteiger partial charge >= 0.3 is 0 Å². The minimum atomic E-state index is 0.140. The zero-order valence-corrected chi connectivity index (χ0v) is 16.8. The van der Waals surface area contributed by atoms with Crippen LogP contribution in [0.3, 0.4) is 0 Å². The Morgan fingerprint density at radius 1 is 1.08 bits per heavy atom. The van der Waals surface area contributed by atoms with Crippen LogP contribution in [0.25, 0.3) is 10.0 Å². The van der Waals surface area contributed by atoms with E-state index < -0.39 is 0 Å². The summed E-state index contributed by atoms with van der Waals surface area (Å²) in [5, 5.41) is 3.68. The van der Waals surface area contributed by atoms with Gasteiger partial charge in [-0.2, -0.15) is 0 Å². The van der Waals surface area contributed by atoms with Crippen LogP contribution >= 0.6 is 22.7 Å². The number of hydrogen-bond donors (Lipinski definition) is 0. The quantitative estimate of drug-likeness (QED) is 0.378. The fraction of sp³-hybridized carbons (Fsp3) is 0.579. The molecule has 0 aliphatic heterocycles. The third-order valence-electron chi connectivity index (χ3n) is 3.85. The van der Waals surface area contributed by atoms with Gasteiger partial charge in [0.25, 0.3) is 0 Å². The van der Waals surface area contributed by atoms with E-state index in [1.54, 1.807) is 35.8 Å². The minimum absolute atomic E-state index is 0.140. The molecule has 0 aliphatic rings. The summed E-state index contributed by atoms with van der Waals surface area (Å²) in [6, 6.07) is 0. The maximum absolute atomic E-state index is 12.6. The van der Waals surface area contributed by atoms with Gasteiger partial charge in [0.2, 0.25) is 0 Å². The summed E-state index contributed by atoms with van der Waals surface area (Å²) in [5.41, 5.74) is 0.646. The first-order valence-electron chi connectivity index (χ1n) is 8.89. The molecule has 0 radical (unpaired) electrons. The number of hydrogen-bond acceptors (Lipinski definition) is 6. The lowest BCUT2D eigenvalue weighted by molar-refractivity contribution is -0.117. The summed E-state index contributed by atoms with van der Waals surface area (Å²) < 4.78 is 0.